The number of hydrogen-bond donors (Lipinski definition) is 0. The third-order valence-corrected chi connectivity index (χ3v) is 4.54. The van der Waals surface area contributed by atoms with Crippen LogP contribution in [0, 0.1) is 6.92 Å². The number of rotatable bonds is 4. The minimum atomic E-state index is -0.796. The molecule has 3 aromatic rings. The molecule has 8 nitrogen and oxygen atoms in total. The van der Waals surface area contributed by atoms with Crippen molar-refractivity contribution in [2.45, 2.75) is 13.3 Å². The van der Waals surface area contributed by atoms with Gasteiger partial charge in [0, 0.05) is 5.02 Å². The van der Waals surface area contributed by atoms with E-state index in [1.807, 2.05) is 0 Å². The van der Waals surface area contributed by atoms with Crippen LogP contribution in [-0.4, -0.2) is 37.8 Å². The van der Waals surface area contributed by atoms with Crippen molar-refractivity contribution in [3.8, 4) is 5.69 Å². The van der Waals surface area contributed by atoms with Gasteiger partial charge in [-0.25, -0.2) is 9.48 Å². The van der Waals surface area contributed by atoms with Crippen molar-refractivity contribution in [2.24, 2.45) is 0 Å². The highest BCUT2D eigenvalue weighted by molar-refractivity contribution is 6.30. The molecule has 2 amide bonds. The molecule has 0 radical (unpaired) electrons. The van der Waals surface area contributed by atoms with E-state index in [1.54, 1.807) is 43.3 Å². The summed E-state index contributed by atoms with van der Waals surface area (Å²) in [5.74, 6) is -2.14. The van der Waals surface area contributed by atoms with E-state index in [0.717, 1.165) is 0 Å². The number of benzene rings is 2. The minimum absolute atomic E-state index is 0.198. The summed E-state index contributed by atoms with van der Waals surface area (Å²) in [6.07, 6.45) is -0.250. The molecular weight excluding hydrogens is 384 g/mol. The highest BCUT2D eigenvalue weighted by Gasteiger charge is 2.38. The van der Waals surface area contributed by atoms with Crippen LogP contribution in [0.1, 0.15) is 32.1 Å². The molecule has 0 unspecified atom stereocenters. The van der Waals surface area contributed by atoms with Gasteiger partial charge in [0.2, 0.25) is 0 Å². The van der Waals surface area contributed by atoms with E-state index in [4.69, 9.17) is 16.4 Å². The SMILES string of the molecule is Cc1c(CC(=O)ON2C(=O)c3ccccc3C2=O)nnn1-c1cccc(Cl)c1. The largest absolute Gasteiger partial charge is 0.339 e. The zero-order valence-corrected chi connectivity index (χ0v) is 15.4. The highest BCUT2D eigenvalue weighted by Crippen LogP contribution is 2.23. The van der Waals surface area contributed by atoms with Crippen molar-refractivity contribution in [3.05, 3.63) is 76.1 Å². The Kier molecular flexibility index (Phi) is 4.40. The molecule has 0 aliphatic carbocycles. The Balaban J connectivity index is 1.50. The van der Waals surface area contributed by atoms with Gasteiger partial charge in [-0.3, -0.25) is 9.59 Å². The van der Waals surface area contributed by atoms with Crippen LogP contribution in [0.15, 0.2) is 48.5 Å². The number of fused-ring (bicyclic) bond motifs is 1. The van der Waals surface area contributed by atoms with Gasteiger partial charge in [0.15, 0.2) is 0 Å². The third-order valence-electron chi connectivity index (χ3n) is 4.30. The Morgan fingerprint density at radius 1 is 1.07 bits per heavy atom. The average Bonchev–Trinajstić information content (AvgIpc) is 3.15. The number of carbonyl (C=O) groups excluding carboxylic acids is 3. The van der Waals surface area contributed by atoms with Crippen LogP contribution in [0.4, 0.5) is 0 Å². The molecular formula is C19H13ClN4O4. The predicted octanol–water partition coefficient (Wildman–Crippen LogP) is 2.53. The Hall–Kier alpha value is -3.52. The number of hydroxylamine groups is 2. The summed E-state index contributed by atoms with van der Waals surface area (Å²) in [4.78, 5) is 41.8. The molecule has 2 heterocycles. The fraction of sp³-hybridized carbons (Fsp3) is 0.105. The molecule has 9 heteroatoms. The first-order valence-electron chi connectivity index (χ1n) is 8.31. The summed E-state index contributed by atoms with van der Waals surface area (Å²) in [7, 11) is 0. The minimum Gasteiger partial charge on any atom is -0.329 e. The van der Waals surface area contributed by atoms with Crippen molar-refractivity contribution in [2.75, 3.05) is 0 Å². The van der Waals surface area contributed by atoms with Crippen LogP contribution >= 0.6 is 11.6 Å². The average molecular weight is 397 g/mol. The van der Waals surface area contributed by atoms with Crippen molar-refractivity contribution >= 4 is 29.4 Å². The quantitative estimate of drug-likeness (QED) is 0.629. The van der Waals surface area contributed by atoms with E-state index in [0.29, 0.717) is 27.2 Å². The monoisotopic (exact) mass is 396 g/mol. The van der Waals surface area contributed by atoms with Crippen molar-refractivity contribution in [3.63, 3.8) is 0 Å². The second-order valence-corrected chi connectivity index (χ2v) is 6.54. The molecule has 4 rings (SSSR count). The van der Waals surface area contributed by atoms with Gasteiger partial charge < -0.3 is 4.84 Å². The zero-order chi connectivity index (χ0) is 19.8. The molecule has 1 aliphatic heterocycles. The first-order chi connectivity index (χ1) is 13.5. The van der Waals surface area contributed by atoms with Crippen LogP contribution in [0.25, 0.3) is 5.69 Å². The molecule has 0 atom stereocenters. The number of hydrogen-bond acceptors (Lipinski definition) is 6. The van der Waals surface area contributed by atoms with E-state index < -0.39 is 17.8 Å². The number of nitrogens with zero attached hydrogens (tertiary/aromatic N) is 4. The van der Waals surface area contributed by atoms with Crippen LogP contribution in [0.3, 0.4) is 0 Å². The van der Waals surface area contributed by atoms with Crippen LogP contribution in [0.5, 0.6) is 0 Å². The van der Waals surface area contributed by atoms with Gasteiger partial charge in [0.05, 0.1) is 34.6 Å². The van der Waals surface area contributed by atoms with E-state index >= 15 is 0 Å². The summed E-state index contributed by atoms with van der Waals surface area (Å²) in [5.41, 5.74) is 2.06. The number of imide groups is 1. The van der Waals surface area contributed by atoms with Gasteiger partial charge in [-0.1, -0.05) is 40.1 Å². The van der Waals surface area contributed by atoms with Gasteiger partial charge in [-0.2, -0.15) is 0 Å². The molecule has 28 heavy (non-hydrogen) atoms. The van der Waals surface area contributed by atoms with Crippen molar-refractivity contribution in [1.82, 2.24) is 20.1 Å². The molecule has 0 bridgehead atoms. The number of carbonyl (C=O) groups is 3. The van der Waals surface area contributed by atoms with E-state index in [2.05, 4.69) is 10.3 Å². The lowest BCUT2D eigenvalue weighted by Gasteiger charge is -2.12. The topological polar surface area (TPSA) is 94.4 Å². The second-order valence-electron chi connectivity index (χ2n) is 6.10. The Morgan fingerprint density at radius 2 is 1.75 bits per heavy atom. The predicted molar refractivity (Wildman–Crippen MR) is 97.8 cm³/mol. The smallest absolute Gasteiger partial charge is 0.329 e. The lowest BCUT2D eigenvalue weighted by Crippen LogP contribution is -2.33. The molecule has 0 spiro atoms. The summed E-state index contributed by atoms with van der Waals surface area (Å²) < 4.78 is 1.54. The second kappa shape index (κ2) is 6.90. The Labute approximate surface area is 164 Å². The first-order valence-corrected chi connectivity index (χ1v) is 8.69. The zero-order valence-electron chi connectivity index (χ0n) is 14.6. The Morgan fingerprint density at radius 3 is 2.39 bits per heavy atom. The summed E-state index contributed by atoms with van der Waals surface area (Å²) in [6.45, 7) is 1.74. The molecule has 140 valence electrons. The van der Waals surface area contributed by atoms with E-state index in [9.17, 15) is 14.4 Å². The van der Waals surface area contributed by atoms with Gasteiger partial charge >= 0.3 is 5.97 Å². The molecule has 1 aromatic heterocycles. The fourth-order valence-corrected chi connectivity index (χ4v) is 3.08. The maximum atomic E-state index is 12.3. The fourth-order valence-electron chi connectivity index (χ4n) is 2.90. The van der Waals surface area contributed by atoms with E-state index in [1.165, 1.54) is 16.8 Å². The molecule has 0 saturated carbocycles. The standard InChI is InChI=1S/C19H13ClN4O4/c1-11-16(21-22-23(11)13-6-4-5-12(20)9-13)10-17(25)28-24-18(26)14-7-2-3-8-15(14)19(24)27/h2-9H,10H2,1H3. The summed E-state index contributed by atoms with van der Waals surface area (Å²) in [5, 5.41) is 9.04. The molecule has 0 fully saturated rings. The van der Waals surface area contributed by atoms with Gasteiger partial charge in [0.1, 0.15) is 0 Å². The van der Waals surface area contributed by atoms with Crippen LogP contribution in [-0.2, 0) is 16.1 Å². The van der Waals surface area contributed by atoms with E-state index in [-0.39, 0.29) is 17.5 Å². The number of amides is 2. The highest BCUT2D eigenvalue weighted by atomic mass is 35.5. The molecule has 0 saturated heterocycles. The van der Waals surface area contributed by atoms with Crippen molar-refractivity contribution < 1.29 is 19.2 Å². The van der Waals surface area contributed by atoms with Gasteiger partial charge in [-0.15, -0.1) is 5.10 Å². The maximum Gasteiger partial charge on any atom is 0.339 e. The third kappa shape index (κ3) is 3.03. The maximum absolute atomic E-state index is 12.3. The molecule has 1 aliphatic rings. The van der Waals surface area contributed by atoms with Crippen LogP contribution < -0.4 is 0 Å². The summed E-state index contributed by atoms with van der Waals surface area (Å²) in [6, 6.07) is 13.3. The van der Waals surface area contributed by atoms with Gasteiger partial charge in [-0.05, 0) is 37.3 Å². The van der Waals surface area contributed by atoms with Gasteiger partial charge in [0.25, 0.3) is 11.8 Å². The molecule has 0 N–H and O–H groups in total. The summed E-state index contributed by atoms with van der Waals surface area (Å²) >= 11 is 5.99. The lowest BCUT2D eigenvalue weighted by molar-refractivity contribution is -0.167. The van der Waals surface area contributed by atoms with Crippen molar-refractivity contribution in [1.29, 1.82) is 0 Å². The number of halogens is 1. The first kappa shape index (κ1) is 17.9. The normalized spacial score (nSPS) is 13.0. The molecule has 2 aromatic carbocycles. The van der Waals surface area contributed by atoms with Crippen LogP contribution in [0.2, 0.25) is 5.02 Å². The number of aromatic nitrogens is 3. The Bertz CT molecular complexity index is 1090. The lowest BCUT2D eigenvalue weighted by atomic mass is 10.1.